The van der Waals surface area contributed by atoms with Gasteiger partial charge in [0.2, 0.25) is 0 Å². The first kappa shape index (κ1) is 15.7. The zero-order valence-electron chi connectivity index (χ0n) is 13.9. The Morgan fingerprint density at radius 2 is 2.08 bits per heavy atom. The first-order valence-electron chi connectivity index (χ1n) is 8.52. The van der Waals surface area contributed by atoms with E-state index in [1.54, 1.807) is 0 Å². The first-order chi connectivity index (χ1) is 11.6. The highest BCUT2D eigenvalue weighted by molar-refractivity contribution is 6.30. The van der Waals surface area contributed by atoms with Gasteiger partial charge in [-0.1, -0.05) is 25.4 Å². The molecule has 126 valence electrons. The van der Waals surface area contributed by atoms with Gasteiger partial charge in [0.05, 0.1) is 17.8 Å². The van der Waals surface area contributed by atoms with Crippen molar-refractivity contribution in [2.75, 3.05) is 6.54 Å². The van der Waals surface area contributed by atoms with Crippen LogP contribution in [0.3, 0.4) is 0 Å². The number of aliphatic imine (C=N–C) groups is 1. The number of halogens is 1. The van der Waals surface area contributed by atoms with Crippen LogP contribution in [0.5, 0.6) is 0 Å². The molecular formula is C17H21ClN6. The summed E-state index contributed by atoms with van der Waals surface area (Å²) in [5.41, 5.74) is 0.877. The van der Waals surface area contributed by atoms with Crippen LogP contribution in [0, 0.1) is 5.92 Å². The van der Waals surface area contributed by atoms with Crippen LogP contribution in [0.1, 0.15) is 45.0 Å². The third-order valence-corrected chi connectivity index (χ3v) is 5.02. The summed E-state index contributed by atoms with van der Waals surface area (Å²) < 4.78 is 1.86. The molecule has 4 rings (SSSR count). The SMILES string of the molecule is CC(C)CC1C(=Nc2ccc(Cl)cc2)n2nnnc2C2CCCN12. The van der Waals surface area contributed by atoms with Gasteiger partial charge < -0.3 is 0 Å². The highest BCUT2D eigenvalue weighted by atomic mass is 35.5. The second kappa shape index (κ2) is 6.26. The molecule has 0 bridgehead atoms. The predicted molar refractivity (Wildman–Crippen MR) is 93.7 cm³/mol. The molecule has 24 heavy (non-hydrogen) atoms. The second-order valence-corrected chi connectivity index (χ2v) is 7.37. The van der Waals surface area contributed by atoms with E-state index in [2.05, 4.69) is 34.3 Å². The molecule has 0 aliphatic carbocycles. The quantitative estimate of drug-likeness (QED) is 0.855. The molecule has 2 aromatic rings. The summed E-state index contributed by atoms with van der Waals surface area (Å²) in [5, 5.41) is 13.1. The molecule has 0 radical (unpaired) electrons. The molecule has 7 heteroatoms. The lowest BCUT2D eigenvalue weighted by Crippen LogP contribution is -2.50. The van der Waals surface area contributed by atoms with Gasteiger partial charge in [-0.25, -0.2) is 4.99 Å². The van der Waals surface area contributed by atoms with Gasteiger partial charge >= 0.3 is 0 Å². The Balaban J connectivity index is 1.81. The summed E-state index contributed by atoms with van der Waals surface area (Å²) in [6.45, 7) is 5.58. The average molecular weight is 345 g/mol. The minimum atomic E-state index is 0.240. The van der Waals surface area contributed by atoms with Gasteiger partial charge in [0.15, 0.2) is 11.7 Å². The number of hydrogen-bond donors (Lipinski definition) is 0. The molecule has 6 nitrogen and oxygen atoms in total. The van der Waals surface area contributed by atoms with Crippen LogP contribution >= 0.6 is 11.6 Å². The van der Waals surface area contributed by atoms with Crippen LogP contribution in [-0.2, 0) is 0 Å². The Morgan fingerprint density at radius 3 is 2.83 bits per heavy atom. The molecule has 1 aromatic heterocycles. The number of nitrogens with zero attached hydrogens (tertiary/aromatic N) is 6. The number of tetrazole rings is 1. The summed E-state index contributed by atoms with van der Waals surface area (Å²) in [7, 11) is 0. The Hall–Kier alpha value is -1.79. The van der Waals surface area contributed by atoms with Crippen LogP contribution in [0.25, 0.3) is 0 Å². The van der Waals surface area contributed by atoms with E-state index < -0.39 is 0 Å². The van der Waals surface area contributed by atoms with Gasteiger partial charge in [-0.2, -0.15) is 4.68 Å². The standard InChI is InChI=1S/C17H21ClN6/c1-11(2)10-15-16(19-13-7-5-12(18)6-8-13)24-17(20-21-22-24)14-4-3-9-23(14)15/h5-8,11,14-15H,3-4,9-10H2,1-2H3. The molecular weight excluding hydrogens is 324 g/mol. The molecule has 0 N–H and O–H groups in total. The third kappa shape index (κ3) is 2.74. The summed E-state index contributed by atoms with van der Waals surface area (Å²) >= 11 is 5.99. The molecule has 3 heterocycles. The van der Waals surface area contributed by atoms with E-state index in [1.807, 2.05) is 28.9 Å². The van der Waals surface area contributed by atoms with Gasteiger partial charge in [0, 0.05) is 5.02 Å². The number of aromatic nitrogens is 4. The Morgan fingerprint density at radius 1 is 1.29 bits per heavy atom. The molecule has 0 amide bonds. The van der Waals surface area contributed by atoms with Gasteiger partial charge in [-0.05, 0) is 66.4 Å². The van der Waals surface area contributed by atoms with Crippen molar-refractivity contribution < 1.29 is 0 Å². The van der Waals surface area contributed by atoms with Crippen molar-refractivity contribution in [1.82, 2.24) is 25.1 Å². The Bertz CT molecular complexity index is 751. The largest absolute Gasteiger partial charge is 0.283 e. The van der Waals surface area contributed by atoms with Crippen LogP contribution in [0.15, 0.2) is 29.3 Å². The van der Waals surface area contributed by atoms with Crippen molar-refractivity contribution in [3.8, 4) is 0 Å². The number of rotatable bonds is 3. The molecule has 2 aliphatic rings. The molecule has 2 atom stereocenters. The van der Waals surface area contributed by atoms with Crippen molar-refractivity contribution >= 4 is 23.1 Å². The van der Waals surface area contributed by atoms with Crippen molar-refractivity contribution in [3.63, 3.8) is 0 Å². The maximum Gasteiger partial charge on any atom is 0.175 e. The third-order valence-electron chi connectivity index (χ3n) is 4.77. The zero-order valence-corrected chi connectivity index (χ0v) is 14.7. The van der Waals surface area contributed by atoms with E-state index in [-0.39, 0.29) is 6.04 Å². The van der Waals surface area contributed by atoms with Crippen LogP contribution in [0.2, 0.25) is 5.02 Å². The van der Waals surface area contributed by atoms with Gasteiger partial charge in [-0.3, -0.25) is 4.90 Å². The molecule has 0 spiro atoms. The summed E-state index contributed by atoms with van der Waals surface area (Å²) in [5.74, 6) is 2.41. The lowest BCUT2D eigenvalue weighted by Gasteiger charge is -2.38. The van der Waals surface area contributed by atoms with Crippen molar-refractivity contribution in [3.05, 3.63) is 35.1 Å². The summed E-state index contributed by atoms with van der Waals surface area (Å²) in [6.07, 6.45) is 3.34. The normalized spacial score (nSPS) is 25.2. The fourth-order valence-electron chi connectivity index (χ4n) is 3.75. The maximum atomic E-state index is 5.99. The number of fused-ring (bicyclic) bond motifs is 3. The molecule has 1 aromatic carbocycles. The smallest absolute Gasteiger partial charge is 0.175 e. The lowest BCUT2D eigenvalue weighted by molar-refractivity contribution is 0.178. The monoisotopic (exact) mass is 344 g/mol. The van der Waals surface area contributed by atoms with E-state index in [0.29, 0.717) is 17.0 Å². The van der Waals surface area contributed by atoms with Crippen molar-refractivity contribution in [2.45, 2.75) is 45.2 Å². The highest BCUT2D eigenvalue weighted by Crippen LogP contribution is 2.38. The first-order valence-corrected chi connectivity index (χ1v) is 8.90. The molecule has 1 saturated heterocycles. The van der Waals surface area contributed by atoms with E-state index in [9.17, 15) is 0 Å². The average Bonchev–Trinajstić information content (AvgIpc) is 3.20. The molecule has 0 saturated carbocycles. The second-order valence-electron chi connectivity index (χ2n) is 6.94. The summed E-state index contributed by atoms with van der Waals surface area (Å²) in [4.78, 5) is 7.43. The van der Waals surface area contributed by atoms with Gasteiger partial charge in [0.1, 0.15) is 0 Å². The van der Waals surface area contributed by atoms with Crippen LogP contribution < -0.4 is 0 Å². The van der Waals surface area contributed by atoms with E-state index in [0.717, 1.165) is 36.7 Å². The van der Waals surface area contributed by atoms with Gasteiger partial charge in [-0.15, -0.1) is 5.10 Å². The fourth-order valence-corrected chi connectivity index (χ4v) is 3.88. The van der Waals surface area contributed by atoms with E-state index in [4.69, 9.17) is 16.6 Å². The topological polar surface area (TPSA) is 59.2 Å². The Kier molecular flexibility index (Phi) is 4.10. The van der Waals surface area contributed by atoms with Gasteiger partial charge in [0.25, 0.3) is 0 Å². The predicted octanol–water partition coefficient (Wildman–Crippen LogP) is 3.47. The zero-order chi connectivity index (χ0) is 16.7. The molecule has 2 unspecified atom stereocenters. The van der Waals surface area contributed by atoms with Crippen LogP contribution in [-0.4, -0.2) is 43.5 Å². The summed E-state index contributed by atoms with van der Waals surface area (Å²) in [6, 6.07) is 8.14. The fraction of sp³-hybridized carbons (Fsp3) is 0.529. The highest BCUT2D eigenvalue weighted by Gasteiger charge is 2.43. The molecule has 2 aliphatic heterocycles. The maximum absolute atomic E-state index is 5.99. The number of hydrogen-bond acceptors (Lipinski definition) is 5. The van der Waals surface area contributed by atoms with Crippen molar-refractivity contribution in [2.24, 2.45) is 10.9 Å². The lowest BCUT2D eigenvalue weighted by atomic mass is 9.98. The minimum Gasteiger partial charge on any atom is -0.283 e. The van der Waals surface area contributed by atoms with Crippen LogP contribution in [0.4, 0.5) is 5.69 Å². The van der Waals surface area contributed by atoms with Crippen molar-refractivity contribution in [1.29, 1.82) is 0 Å². The van der Waals surface area contributed by atoms with E-state index in [1.165, 1.54) is 6.42 Å². The molecule has 1 fully saturated rings. The number of benzene rings is 1. The van der Waals surface area contributed by atoms with E-state index >= 15 is 0 Å². The Labute approximate surface area is 146 Å². The minimum absolute atomic E-state index is 0.240.